The van der Waals surface area contributed by atoms with Crippen molar-refractivity contribution in [1.29, 1.82) is 0 Å². The van der Waals surface area contributed by atoms with E-state index in [2.05, 4.69) is 4.98 Å². The first-order valence-electron chi connectivity index (χ1n) is 4.02. The van der Waals surface area contributed by atoms with E-state index in [4.69, 9.17) is 0 Å². The van der Waals surface area contributed by atoms with Crippen LogP contribution in [0.4, 0.5) is 0 Å². The van der Waals surface area contributed by atoms with Crippen LogP contribution in [-0.4, -0.2) is 10.1 Å². The van der Waals surface area contributed by atoms with Crippen molar-refractivity contribution in [3.63, 3.8) is 0 Å². The highest BCUT2D eigenvalue weighted by atomic mass is 16.3. The second-order valence-corrected chi connectivity index (χ2v) is 3.00. The average molecular weight is 161 g/mol. The highest BCUT2D eigenvalue weighted by Crippen LogP contribution is 2.18. The van der Waals surface area contributed by atoms with E-state index in [0.29, 0.717) is 0 Å². The molecule has 0 saturated carbocycles. The summed E-state index contributed by atoms with van der Waals surface area (Å²) >= 11 is 0. The van der Waals surface area contributed by atoms with Crippen LogP contribution in [0.5, 0.6) is 0 Å². The van der Waals surface area contributed by atoms with E-state index in [9.17, 15) is 5.11 Å². The van der Waals surface area contributed by atoms with E-state index < -0.39 is 0 Å². The SMILES string of the molecule is C[C@@H](O)c1ccc2[nH]ccc2c1. The Hall–Kier alpha value is -1.28. The van der Waals surface area contributed by atoms with E-state index in [1.54, 1.807) is 6.92 Å². The van der Waals surface area contributed by atoms with Gasteiger partial charge in [0.2, 0.25) is 0 Å². The van der Waals surface area contributed by atoms with Crippen molar-refractivity contribution >= 4 is 10.9 Å². The molecule has 1 aromatic carbocycles. The Labute approximate surface area is 70.8 Å². The summed E-state index contributed by atoms with van der Waals surface area (Å²) < 4.78 is 0. The molecule has 0 saturated heterocycles. The van der Waals surface area contributed by atoms with Gasteiger partial charge in [-0.05, 0) is 36.1 Å². The standard InChI is InChI=1S/C10H11NO/c1-7(12)8-2-3-10-9(6-8)4-5-11-10/h2-7,11-12H,1H3/t7-/m1/s1. The molecule has 0 amide bonds. The topological polar surface area (TPSA) is 36.0 Å². The Balaban J connectivity index is 2.60. The van der Waals surface area contributed by atoms with Gasteiger partial charge in [-0.2, -0.15) is 0 Å². The summed E-state index contributed by atoms with van der Waals surface area (Å²) in [6, 6.07) is 7.92. The zero-order valence-electron chi connectivity index (χ0n) is 6.91. The number of hydrogen-bond donors (Lipinski definition) is 2. The molecule has 2 rings (SSSR count). The molecule has 0 unspecified atom stereocenters. The number of hydrogen-bond acceptors (Lipinski definition) is 1. The average Bonchev–Trinajstić information content (AvgIpc) is 2.49. The number of rotatable bonds is 1. The van der Waals surface area contributed by atoms with Crippen LogP contribution in [0.1, 0.15) is 18.6 Å². The van der Waals surface area contributed by atoms with Crippen molar-refractivity contribution in [1.82, 2.24) is 4.98 Å². The van der Waals surface area contributed by atoms with E-state index in [0.717, 1.165) is 16.5 Å². The van der Waals surface area contributed by atoms with Crippen LogP contribution in [0.3, 0.4) is 0 Å². The first-order chi connectivity index (χ1) is 5.77. The minimum absolute atomic E-state index is 0.385. The van der Waals surface area contributed by atoms with Crippen LogP contribution in [0.25, 0.3) is 10.9 Å². The number of aliphatic hydroxyl groups excluding tert-OH is 1. The van der Waals surface area contributed by atoms with Gasteiger partial charge in [-0.3, -0.25) is 0 Å². The maximum Gasteiger partial charge on any atom is 0.0762 e. The van der Waals surface area contributed by atoms with Crippen LogP contribution in [0.15, 0.2) is 30.5 Å². The molecule has 2 heteroatoms. The highest BCUT2D eigenvalue weighted by Gasteiger charge is 2.01. The lowest BCUT2D eigenvalue weighted by Gasteiger charge is -2.03. The molecule has 62 valence electrons. The van der Waals surface area contributed by atoms with Gasteiger partial charge in [-0.1, -0.05) is 6.07 Å². The molecular formula is C10H11NO. The van der Waals surface area contributed by atoms with Gasteiger partial charge < -0.3 is 10.1 Å². The summed E-state index contributed by atoms with van der Waals surface area (Å²) in [5.41, 5.74) is 2.07. The Kier molecular flexibility index (Phi) is 1.62. The summed E-state index contributed by atoms with van der Waals surface area (Å²) in [6.07, 6.45) is 1.51. The van der Waals surface area contributed by atoms with Gasteiger partial charge in [0.25, 0.3) is 0 Å². The van der Waals surface area contributed by atoms with Crippen LogP contribution >= 0.6 is 0 Å². The summed E-state index contributed by atoms with van der Waals surface area (Å²) in [4.78, 5) is 3.10. The maximum atomic E-state index is 9.31. The van der Waals surface area contributed by atoms with Gasteiger partial charge in [-0.15, -0.1) is 0 Å². The summed E-state index contributed by atoms with van der Waals surface area (Å²) in [5.74, 6) is 0. The second-order valence-electron chi connectivity index (χ2n) is 3.00. The molecule has 2 aromatic rings. The lowest BCUT2D eigenvalue weighted by molar-refractivity contribution is 0.199. The monoisotopic (exact) mass is 161 g/mol. The molecular weight excluding hydrogens is 150 g/mol. The van der Waals surface area contributed by atoms with Crippen LogP contribution in [0, 0.1) is 0 Å². The zero-order valence-corrected chi connectivity index (χ0v) is 6.91. The minimum Gasteiger partial charge on any atom is -0.389 e. The lowest BCUT2D eigenvalue weighted by atomic mass is 10.1. The van der Waals surface area contributed by atoms with Crippen molar-refractivity contribution < 1.29 is 5.11 Å². The molecule has 0 aliphatic rings. The molecule has 0 radical (unpaired) electrons. The Morgan fingerprint density at radius 1 is 1.33 bits per heavy atom. The Bertz CT molecular complexity index is 389. The fourth-order valence-corrected chi connectivity index (χ4v) is 1.33. The lowest BCUT2D eigenvalue weighted by Crippen LogP contribution is -1.89. The molecule has 0 aliphatic carbocycles. The normalized spacial score (nSPS) is 13.5. The molecule has 0 fully saturated rings. The fourth-order valence-electron chi connectivity index (χ4n) is 1.33. The van der Waals surface area contributed by atoms with Crippen molar-refractivity contribution in [3.8, 4) is 0 Å². The minimum atomic E-state index is -0.385. The van der Waals surface area contributed by atoms with Crippen molar-refractivity contribution in [2.45, 2.75) is 13.0 Å². The predicted octanol–water partition coefficient (Wildman–Crippen LogP) is 2.22. The number of aliphatic hydroxyl groups is 1. The first-order valence-corrected chi connectivity index (χ1v) is 4.02. The van der Waals surface area contributed by atoms with Gasteiger partial charge in [-0.25, -0.2) is 0 Å². The van der Waals surface area contributed by atoms with Crippen molar-refractivity contribution in [2.24, 2.45) is 0 Å². The van der Waals surface area contributed by atoms with Crippen molar-refractivity contribution in [3.05, 3.63) is 36.0 Å². The predicted molar refractivity (Wildman–Crippen MR) is 48.9 cm³/mol. The molecule has 0 bridgehead atoms. The molecule has 1 atom stereocenters. The van der Waals surface area contributed by atoms with Gasteiger partial charge in [0.15, 0.2) is 0 Å². The zero-order chi connectivity index (χ0) is 8.55. The second kappa shape index (κ2) is 2.64. The largest absolute Gasteiger partial charge is 0.389 e. The van der Waals surface area contributed by atoms with E-state index in [-0.39, 0.29) is 6.10 Å². The molecule has 1 heterocycles. The number of aromatic nitrogens is 1. The number of benzene rings is 1. The van der Waals surface area contributed by atoms with Crippen LogP contribution in [0.2, 0.25) is 0 Å². The van der Waals surface area contributed by atoms with Crippen molar-refractivity contribution in [2.75, 3.05) is 0 Å². The third-order valence-electron chi connectivity index (χ3n) is 2.06. The molecule has 2 N–H and O–H groups in total. The molecule has 1 aromatic heterocycles. The van der Waals surface area contributed by atoms with E-state index >= 15 is 0 Å². The fraction of sp³-hybridized carbons (Fsp3) is 0.200. The molecule has 0 aliphatic heterocycles. The van der Waals surface area contributed by atoms with Gasteiger partial charge >= 0.3 is 0 Å². The Morgan fingerprint density at radius 2 is 2.17 bits per heavy atom. The summed E-state index contributed by atoms with van der Waals surface area (Å²) in [7, 11) is 0. The van der Waals surface area contributed by atoms with Gasteiger partial charge in [0, 0.05) is 11.7 Å². The molecule has 0 spiro atoms. The quantitative estimate of drug-likeness (QED) is 0.661. The highest BCUT2D eigenvalue weighted by molar-refractivity contribution is 5.79. The third-order valence-corrected chi connectivity index (χ3v) is 2.06. The van der Waals surface area contributed by atoms with E-state index in [1.165, 1.54) is 0 Å². The first kappa shape index (κ1) is 7.37. The molecule has 2 nitrogen and oxygen atoms in total. The maximum absolute atomic E-state index is 9.31. The van der Waals surface area contributed by atoms with Gasteiger partial charge in [0.05, 0.1) is 6.10 Å². The van der Waals surface area contributed by atoms with E-state index in [1.807, 2.05) is 30.5 Å². The summed E-state index contributed by atoms with van der Waals surface area (Å²) in [5, 5.41) is 10.5. The summed E-state index contributed by atoms with van der Waals surface area (Å²) in [6.45, 7) is 1.77. The Morgan fingerprint density at radius 3 is 2.92 bits per heavy atom. The van der Waals surface area contributed by atoms with Gasteiger partial charge in [0.1, 0.15) is 0 Å². The smallest absolute Gasteiger partial charge is 0.0762 e. The molecule has 12 heavy (non-hydrogen) atoms. The van der Waals surface area contributed by atoms with Crippen LogP contribution in [-0.2, 0) is 0 Å². The third kappa shape index (κ3) is 1.10. The number of fused-ring (bicyclic) bond motifs is 1. The number of aromatic amines is 1. The number of nitrogens with one attached hydrogen (secondary N) is 1. The van der Waals surface area contributed by atoms with Crippen LogP contribution < -0.4 is 0 Å². The number of H-pyrrole nitrogens is 1.